The highest BCUT2D eigenvalue weighted by Crippen LogP contribution is 2.45. The summed E-state index contributed by atoms with van der Waals surface area (Å²) in [5, 5.41) is 3.70. The van der Waals surface area contributed by atoms with Gasteiger partial charge in [-0.2, -0.15) is 13.2 Å². The Kier molecular flexibility index (Phi) is 5.16. The van der Waals surface area contributed by atoms with Gasteiger partial charge in [0.15, 0.2) is 0 Å². The van der Waals surface area contributed by atoms with Crippen LogP contribution in [0.1, 0.15) is 21.5 Å². The molecule has 0 aliphatic carbocycles. The fourth-order valence-corrected chi connectivity index (χ4v) is 3.78. The Hall–Kier alpha value is -3.86. The minimum atomic E-state index is -5.45. The Balaban J connectivity index is 1.97. The minimum absolute atomic E-state index is 0.0750. The molecule has 170 valence electrons. The average molecular weight is 479 g/mol. The van der Waals surface area contributed by atoms with Gasteiger partial charge in [-0.05, 0) is 37.3 Å². The molecule has 1 aromatic heterocycles. The zero-order chi connectivity index (χ0) is 24.1. The summed E-state index contributed by atoms with van der Waals surface area (Å²) in [7, 11) is 0. The molecule has 3 aromatic rings. The molecule has 0 bridgehead atoms. The highest BCUT2D eigenvalue weighted by Gasteiger charge is 2.68. The Morgan fingerprint density at radius 1 is 1.09 bits per heavy atom. The Bertz CT molecular complexity index is 1410. The number of carbonyl (C=O) groups is 2. The van der Waals surface area contributed by atoms with E-state index in [0.717, 1.165) is 16.2 Å². The lowest BCUT2D eigenvalue weighted by Gasteiger charge is -2.30. The number of carbonyl (C=O) groups excluding carboxylic acids is 2. The number of anilines is 1. The lowest BCUT2D eigenvalue weighted by Crippen LogP contribution is -2.62. The van der Waals surface area contributed by atoms with E-state index in [2.05, 4.69) is 0 Å². The van der Waals surface area contributed by atoms with Crippen LogP contribution in [0.2, 0.25) is 5.02 Å². The first kappa shape index (κ1) is 22.3. The monoisotopic (exact) mass is 478 g/mol. The van der Waals surface area contributed by atoms with Crippen molar-refractivity contribution >= 4 is 29.2 Å². The van der Waals surface area contributed by atoms with E-state index >= 15 is 0 Å². The van der Waals surface area contributed by atoms with Crippen LogP contribution in [0.25, 0.3) is 5.69 Å². The van der Waals surface area contributed by atoms with Crippen molar-refractivity contribution in [1.29, 1.82) is 0 Å². The zero-order valence-electron chi connectivity index (χ0n) is 16.7. The molecule has 0 saturated carbocycles. The molecule has 2 heterocycles. The highest BCUT2D eigenvalue weighted by atomic mass is 35.5. The van der Waals surface area contributed by atoms with Crippen molar-refractivity contribution in [3.63, 3.8) is 0 Å². The van der Waals surface area contributed by atoms with Gasteiger partial charge < -0.3 is 10.6 Å². The zero-order valence-corrected chi connectivity index (χ0v) is 17.5. The number of alkyl halides is 3. The normalized spacial score (nSPS) is 17.4. The first-order valence-electron chi connectivity index (χ1n) is 9.39. The smallest absolute Gasteiger partial charge is 0.326 e. The van der Waals surface area contributed by atoms with Crippen molar-refractivity contribution in [3.05, 3.63) is 91.1 Å². The van der Waals surface area contributed by atoms with Crippen LogP contribution in [-0.4, -0.2) is 27.5 Å². The number of aryl methyl sites for hydroxylation is 1. The fraction of sp³-hybridized carbons (Fsp3) is 0.143. The van der Waals surface area contributed by atoms with Crippen molar-refractivity contribution in [2.75, 3.05) is 5.32 Å². The molecule has 12 heteroatoms. The molecule has 1 aliphatic rings. The lowest BCUT2D eigenvalue weighted by atomic mass is 9.91. The van der Waals surface area contributed by atoms with Crippen LogP contribution in [-0.2, 0) is 10.3 Å². The van der Waals surface area contributed by atoms with Crippen molar-refractivity contribution < 1.29 is 22.8 Å². The third-order valence-corrected chi connectivity index (χ3v) is 5.40. The second kappa shape index (κ2) is 7.62. The number of rotatable bonds is 3. The van der Waals surface area contributed by atoms with Gasteiger partial charge in [0.05, 0.1) is 5.69 Å². The molecule has 1 aliphatic heterocycles. The number of hydrogen-bond acceptors (Lipinski definition) is 4. The van der Waals surface area contributed by atoms with Gasteiger partial charge in [0, 0.05) is 10.6 Å². The molecule has 2 amide bonds. The van der Waals surface area contributed by atoms with E-state index in [0.29, 0.717) is 0 Å². The van der Waals surface area contributed by atoms with Gasteiger partial charge >= 0.3 is 11.9 Å². The molecule has 33 heavy (non-hydrogen) atoms. The second-order valence-electron chi connectivity index (χ2n) is 7.32. The lowest BCUT2D eigenvalue weighted by molar-refractivity contribution is -0.196. The predicted octanol–water partition coefficient (Wildman–Crippen LogP) is 2.63. The average Bonchev–Trinajstić information content (AvgIpc) is 3.02. The first-order valence-corrected chi connectivity index (χ1v) is 9.76. The summed E-state index contributed by atoms with van der Waals surface area (Å²) >= 11 is 5.81. The number of amides is 2. The van der Waals surface area contributed by atoms with Gasteiger partial charge in [0.2, 0.25) is 0 Å². The molecular weight excluding hydrogens is 465 g/mol. The van der Waals surface area contributed by atoms with E-state index in [9.17, 15) is 32.3 Å². The number of H-pyrrole nitrogens is 1. The largest absolute Gasteiger partial charge is 0.425 e. The van der Waals surface area contributed by atoms with Gasteiger partial charge in [-0.25, -0.2) is 9.36 Å². The highest BCUT2D eigenvalue weighted by molar-refractivity contribution is 6.31. The number of benzene rings is 2. The molecule has 3 N–H and O–H groups in total. The van der Waals surface area contributed by atoms with E-state index in [1.54, 1.807) is 24.4 Å². The van der Waals surface area contributed by atoms with Gasteiger partial charge in [-0.15, -0.1) is 0 Å². The number of aromatic nitrogens is 2. The van der Waals surface area contributed by atoms with E-state index in [-0.39, 0.29) is 16.3 Å². The predicted molar refractivity (Wildman–Crippen MR) is 113 cm³/mol. The molecule has 1 atom stereocenters. The molecule has 8 nitrogen and oxygen atoms in total. The minimum Gasteiger partial charge on any atom is -0.326 e. The summed E-state index contributed by atoms with van der Waals surface area (Å²) in [6, 6.07) is 11.1. The van der Waals surface area contributed by atoms with Crippen molar-refractivity contribution in [3.8, 4) is 5.69 Å². The van der Waals surface area contributed by atoms with Gasteiger partial charge in [0.1, 0.15) is 11.4 Å². The van der Waals surface area contributed by atoms with Gasteiger partial charge in [-0.3, -0.25) is 19.4 Å². The van der Waals surface area contributed by atoms with Crippen molar-refractivity contribution in [2.24, 2.45) is 0 Å². The van der Waals surface area contributed by atoms with Crippen LogP contribution in [0.3, 0.4) is 0 Å². The van der Waals surface area contributed by atoms with Crippen LogP contribution < -0.4 is 21.9 Å². The maximum Gasteiger partial charge on any atom is 0.425 e. The number of nitrogens with one attached hydrogen (secondary N) is 3. The molecule has 4 rings (SSSR count). The van der Waals surface area contributed by atoms with E-state index in [1.165, 1.54) is 30.3 Å². The maximum absolute atomic E-state index is 14.4. The molecule has 0 fully saturated rings. The number of halogens is 4. The Labute approximate surface area is 188 Å². The molecule has 2 aromatic carbocycles. The summed E-state index contributed by atoms with van der Waals surface area (Å²) in [6.07, 6.45) is -5.45. The van der Waals surface area contributed by atoms with Gasteiger partial charge in [-0.1, -0.05) is 35.4 Å². The maximum atomic E-state index is 14.4. The molecule has 0 saturated heterocycles. The SMILES string of the molecule is Cc1ccc(-n2c3c(c(=O)[nH]c2=O)C(NC(=O)c2cccc(Cl)c2)(C(F)(F)F)C(=O)N3)cc1. The van der Waals surface area contributed by atoms with Crippen LogP contribution >= 0.6 is 11.6 Å². The van der Waals surface area contributed by atoms with Crippen LogP contribution in [0.15, 0.2) is 58.1 Å². The third kappa shape index (κ3) is 3.50. The number of aromatic amines is 1. The molecule has 0 radical (unpaired) electrons. The number of hydrogen-bond donors (Lipinski definition) is 3. The quantitative estimate of drug-likeness (QED) is 0.537. The summed E-state index contributed by atoms with van der Waals surface area (Å²) in [6.45, 7) is 1.76. The second-order valence-corrected chi connectivity index (χ2v) is 7.76. The Morgan fingerprint density at radius 2 is 1.76 bits per heavy atom. The Morgan fingerprint density at radius 3 is 2.36 bits per heavy atom. The van der Waals surface area contributed by atoms with Crippen LogP contribution in [0.5, 0.6) is 0 Å². The molecular formula is C21H14ClF3N4O4. The van der Waals surface area contributed by atoms with E-state index in [1.807, 2.05) is 10.3 Å². The van der Waals surface area contributed by atoms with Gasteiger partial charge in [0.25, 0.3) is 22.9 Å². The topological polar surface area (TPSA) is 113 Å². The fourth-order valence-electron chi connectivity index (χ4n) is 3.59. The standard InChI is InChI=1S/C21H14ClF3N4O4/c1-10-5-7-13(8-6-10)29-15-14(17(31)27-19(29)33)20(18(32)26-15,21(23,24)25)28-16(30)11-3-2-4-12(22)9-11/h2-9H,1H3,(H,26,32)(H,28,30)(H,27,31,33). The first-order chi connectivity index (χ1) is 15.5. The number of nitrogens with zero attached hydrogens (tertiary/aromatic N) is 1. The number of fused-ring (bicyclic) bond motifs is 1. The molecule has 0 spiro atoms. The third-order valence-electron chi connectivity index (χ3n) is 5.16. The van der Waals surface area contributed by atoms with E-state index < -0.39 is 46.2 Å². The summed E-state index contributed by atoms with van der Waals surface area (Å²) in [5.41, 5.74) is -6.82. The van der Waals surface area contributed by atoms with Crippen LogP contribution in [0, 0.1) is 6.92 Å². The summed E-state index contributed by atoms with van der Waals surface area (Å²) in [4.78, 5) is 52.4. The molecule has 1 unspecified atom stereocenters. The van der Waals surface area contributed by atoms with Crippen molar-refractivity contribution in [1.82, 2.24) is 14.9 Å². The van der Waals surface area contributed by atoms with Crippen LogP contribution in [0.4, 0.5) is 19.0 Å². The summed E-state index contributed by atoms with van der Waals surface area (Å²) in [5.74, 6) is -3.73. The van der Waals surface area contributed by atoms with E-state index in [4.69, 9.17) is 11.6 Å². The summed E-state index contributed by atoms with van der Waals surface area (Å²) < 4.78 is 44.0. The van der Waals surface area contributed by atoms with Crippen molar-refractivity contribution in [2.45, 2.75) is 18.6 Å².